The van der Waals surface area contributed by atoms with Crippen LogP contribution in [0.4, 0.5) is 4.79 Å². The van der Waals surface area contributed by atoms with Crippen molar-refractivity contribution in [2.45, 2.75) is 102 Å². The van der Waals surface area contributed by atoms with Gasteiger partial charge in [-0.2, -0.15) is 0 Å². The highest BCUT2D eigenvalue weighted by molar-refractivity contribution is 5.75. The molecule has 6 aromatic rings. The van der Waals surface area contributed by atoms with Crippen LogP contribution in [0.5, 0.6) is 0 Å². The van der Waals surface area contributed by atoms with Gasteiger partial charge in [-0.1, -0.05) is 26.7 Å². The summed E-state index contributed by atoms with van der Waals surface area (Å²) >= 11 is 0. The van der Waals surface area contributed by atoms with Crippen LogP contribution in [0.25, 0.3) is 33.6 Å². The first kappa shape index (κ1) is 29.8. The number of nitrogens with one attached hydrogen (secondary N) is 3. The van der Waals surface area contributed by atoms with Crippen molar-refractivity contribution >= 4 is 39.7 Å². The van der Waals surface area contributed by atoms with Gasteiger partial charge < -0.3 is 25.1 Å². The van der Waals surface area contributed by atoms with Crippen molar-refractivity contribution in [3.8, 4) is 0 Å². The molecule has 246 valence electrons. The maximum absolute atomic E-state index is 9.89. The molecule has 0 bridgehead atoms. The quantitative estimate of drug-likeness (QED) is 0.173. The molecule has 14 heteroatoms. The number of ether oxygens (including phenoxy) is 1. The molecule has 4 N–H and O–H groups in total. The van der Waals surface area contributed by atoms with E-state index in [2.05, 4.69) is 80.4 Å². The minimum Gasteiger partial charge on any atom is -0.465 e. The summed E-state index contributed by atoms with van der Waals surface area (Å²) in [6.07, 6.45) is 16.4. The van der Waals surface area contributed by atoms with E-state index in [1.807, 2.05) is 12.4 Å². The molecule has 0 saturated heterocycles. The van der Waals surface area contributed by atoms with Crippen molar-refractivity contribution in [1.29, 1.82) is 0 Å². The molecule has 3 saturated carbocycles. The Labute approximate surface area is 270 Å². The monoisotopic (exact) mass is 639 g/mol. The lowest BCUT2D eigenvalue weighted by molar-refractivity contribution is -0.00877. The molecule has 0 radical (unpaired) electrons. The third-order valence-corrected chi connectivity index (χ3v) is 10.8. The molecule has 0 unspecified atom stereocenters. The molecular formula is C33H41N11O3. The molecule has 3 aliphatic carbocycles. The van der Waals surface area contributed by atoms with Crippen molar-refractivity contribution in [3.05, 3.63) is 48.6 Å². The van der Waals surface area contributed by atoms with E-state index in [1.54, 1.807) is 12.4 Å². The Morgan fingerprint density at radius 3 is 1.74 bits per heavy atom. The Balaban J connectivity index is 0.000000357. The molecule has 3 fully saturated rings. The van der Waals surface area contributed by atoms with E-state index in [4.69, 9.17) is 9.84 Å². The van der Waals surface area contributed by atoms with Crippen molar-refractivity contribution in [2.75, 3.05) is 0 Å². The number of carboxylic acid groups (broad SMARTS) is 1. The molecule has 6 atom stereocenters. The minimum absolute atomic E-state index is 0.216. The van der Waals surface area contributed by atoms with Gasteiger partial charge >= 0.3 is 6.09 Å². The molecule has 14 nitrogen and oxygen atoms in total. The summed E-state index contributed by atoms with van der Waals surface area (Å²) in [6.45, 7) is 4.56. The molecular weight excluding hydrogens is 598 g/mol. The zero-order chi connectivity index (χ0) is 32.1. The fraction of sp³-hybridized carbons (Fsp3) is 0.545. The predicted molar refractivity (Wildman–Crippen MR) is 174 cm³/mol. The lowest BCUT2D eigenvalue weighted by atomic mass is 9.93. The van der Waals surface area contributed by atoms with Crippen LogP contribution in [-0.4, -0.2) is 78.6 Å². The highest BCUT2D eigenvalue weighted by Crippen LogP contribution is 2.47. The van der Waals surface area contributed by atoms with Gasteiger partial charge in [-0.25, -0.2) is 14.8 Å². The number of nitrogens with zero attached hydrogens (tertiary/aromatic N) is 8. The van der Waals surface area contributed by atoms with E-state index in [-0.39, 0.29) is 18.2 Å². The zero-order valence-electron chi connectivity index (χ0n) is 26.7. The number of hydrogen-bond acceptors (Lipinski definition) is 8. The zero-order valence-corrected chi connectivity index (χ0v) is 26.7. The molecule has 9 rings (SSSR count). The Bertz CT molecular complexity index is 1890. The summed E-state index contributed by atoms with van der Waals surface area (Å²) in [5.74, 6) is 3.71. The Morgan fingerprint density at radius 2 is 1.34 bits per heavy atom. The second kappa shape index (κ2) is 12.2. The van der Waals surface area contributed by atoms with E-state index in [9.17, 15) is 4.79 Å². The van der Waals surface area contributed by atoms with Gasteiger partial charge in [0.15, 0.2) is 22.6 Å². The van der Waals surface area contributed by atoms with Crippen molar-refractivity contribution in [2.24, 2.45) is 11.8 Å². The summed E-state index contributed by atoms with van der Waals surface area (Å²) in [5.41, 5.74) is 5.38. The average Bonchev–Trinajstić information content (AvgIpc) is 3.88. The van der Waals surface area contributed by atoms with E-state index in [0.29, 0.717) is 23.7 Å². The average molecular weight is 640 g/mol. The molecule has 47 heavy (non-hydrogen) atoms. The second-order valence-electron chi connectivity index (χ2n) is 13.4. The third-order valence-electron chi connectivity index (χ3n) is 10.8. The fourth-order valence-electron chi connectivity index (χ4n) is 8.18. The fourth-order valence-corrected chi connectivity index (χ4v) is 8.18. The molecule has 0 aliphatic heterocycles. The lowest BCUT2D eigenvalue weighted by Crippen LogP contribution is -2.38. The van der Waals surface area contributed by atoms with Gasteiger partial charge in [0, 0.05) is 30.3 Å². The minimum atomic E-state index is -0.894. The van der Waals surface area contributed by atoms with Crippen LogP contribution in [0.2, 0.25) is 0 Å². The lowest BCUT2D eigenvalue weighted by Gasteiger charge is -2.24. The standard InChI is InChI=1S/C28H32N10O.C5H9NO2/c1-3-15-9-17(11-19(15)27-35-33-23-13-31-25-21(37(23)27)5-7-29-25)39-18-10-16(4-2)20(12-18)28-36-34-24-14-32-26-22(38(24)28)6-8-30-26;7-5(8)6-4-2-1-3-4/h5-8,13-20,29-30H,3-4,9-12H2,1-2H3;4,6H,1-3H2,(H,7,8)/t15-,16-,17+,18+,19+,20+;/m1./s1. The van der Waals surface area contributed by atoms with Crippen molar-refractivity contribution < 1.29 is 14.6 Å². The Hall–Kier alpha value is -4.59. The molecule has 3 aliphatic rings. The second-order valence-corrected chi connectivity index (χ2v) is 13.4. The number of aromatic amines is 2. The first-order valence-electron chi connectivity index (χ1n) is 17.0. The van der Waals surface area contributed by atoms with Crippen LogP contribution < -0.4 is 5.32 Å². The van der Waals surface area contributed by atoms with Crippen LogP contribution in [0.15, 0.2) is 36.9 Å². The molecule has 0 aromatic carbocycles. The molecule has 0 spiro atoms. The number of amides is 1. The Morgan fingerprint density at radius 1 is 0.830 bits per heavy atom. The van der Waals surface area contributed by atoms with Gasteiger partial charge in [-0.3, -0.25) is 8.80 Å². The van der Waals surface area contributed by atoms with Gasteiger partial charge in [0.05, 0.1) is 35.6 Å². The molecule has 1 amide bonds. The smallest absolute Gasteiger partial charge is 0.404 e. The number of fused-ring (bicyclic) bond motifs is 6. The highest BCUT2D eigenvalue weighted by Gasteiger charge is 2.42. The number of rotatable bonds is 7. The van der Waals surface area contributed by atoms with Gasteiger partial charge in [0.1, 0.15) is 11.6 Å². The predicted octanol–water partition coefficient (Wildman–Crippen LogP) is 5.59. The summed E-state index contributed by atoms with van der Waals surface area (Å²) in [4.78, 5) is 25.3. The van der Waals surface area contributed by atoms with Crippen LogP contribution in [-0.2, 0) is 4.74 Å². The van der Waals surface area contributed by atoms with Crippen LogP contribution in [0.3, 0.4) is 0 Å². The van der Waals surface area contributed by atoms with Crippen LogP contribution in [0, 0.1) is 11.8 Å². The first-order valence-corrected chi connectivity index (χ1v) is 17.0. The van der Waals surface area contributed by atoms with E-state index in [1.165, 1.54) is 6.42 Å². The summed E-state index contributed by atoms with van der Waals surface area (Å²) in [7, 11) is 0. The number of carbonyl (C=O) groups is 1. The topological polar surface area (TPSA) is 176 Å². The highest BCUT2D eigenvalue weighted by atomic mass is 16.5. The van der Waals surface area contributed by atoms with E-state index >= 15 is 0 Å². The van der Waals surface area contributed by atoms with Gasteiger partial charge in [-0.05, 0) is 68.9 Å². The summed E-state index contributed by atoms with van der Waals surface area (Å²) in [6, 6.07) is 4.37. The van der Waals surface area contributed by atoms with Crippen molar-refractivity contribution in [1.82, 2.24) is 54.4 Å². The number of H-pyrrole nitrogens is 2. The van der Waals surface area contributed by atoms with E-state index < -0.39 is 6.09 Å². The van der Waals surface area contributed by atoms with Crippen molar-refractivity contribution in [3.63, 3.8) is 0 Å². The maximum atomic E-state index is 9.89. The van der Waals surface area contributed by atoms with Gasteiger partial charge in [0.2, 0.25) is 0 Å². The van der Waals surface area contributed by atoms with Crippen LogP contribution >= 0.6 is 0 Å². The van der Waals surface area contributed by atoms with E-state index in [0.717, 1.165) is 96.6 Å². The normalized spacial score (nSPS) is 26.3. The SMILES string of the molecule is CC[C@@H]1C[C@H](O[C@H]2C[C@@H](CC)[C@@H](c3nnc4cnc5[nH]ccc5n34)C2)C[C@@H]1c1nnc2cnc3[nH]ccc3n12.O=C(O)NC1CCC1. The molecule has 6 aromatic heterocycles. The third kappa shape index (κ3) is 5.37. The Kier molecular flexibility index (Phi) is 7.74. The first-order chi connectivity index (χ1) is 23.0. The summed E-state index contributed by atoms with van der Waals surface area (Å²) < 4.78 is 11.3. The van der Waals surface area contributed by atoms with Gasteiger partial charge in [0.25, 0.3) is 0 Å². The maximum Gasteiger partial charge on any atom is 0.404 e. The number of aromatic nitrogens is 10. The van der Waals surface area contributed by atoms with Gasteiger partial charge in [-0.15, -0.1) is 20.4 Å². The molecule has 6 heterocycles. The summed E-state index contributed by atoms with van der Waals surface area (Å²) in [5, 5.41) is 28.8. The largest absolute Gasteiger partial charge is 0.465 e. The van der Waals surface area contributed by atoms with Crippen LogP contribution in [0.1, 0.15) is 95.1 Å². The number of hydrogen-bond donors (Lipinski definition) is 4.